The number of nitrogens with one attached hydrogen (secondary N) is 1. The maximum absolute atomic E-state index is 13.9. The summed E-state index contributed by atoms with van der Waals surface area (Å²) >= 11 is 0. The van der Waals surface area contributed by atoms with Gasteiger partial charge in [-0.15, -0.1) is 0 Å². The molecule has 0 saturated carbocycles. The SMILES string of the molecule is CNC(=O)c1c(O)c2ncc(Cc3ccc(F)cc3)cc2n(-c2cccc(F)c2)c1=O. The van der Waals surface area contributed by atoms with Crippen molar-refractivity contribution < 1.29 is 18.7 Å². The van der Waals surface area contributed by atoms with Gasteiger partial charge in [0, 0.05) is 13.2 Å². The number of benzene rings is 2. The monoisotopic (exact) mass is 421 g/mol. The average Bonchev–Trinajstić information content (AvgIpc) is 2.75. The van der Waals surface area contributed by atoms with Crippen molar-refractivity contribution in [1.82, 2.24) is 14.9 Å². The number of hydrogen-bond acceptors (Lipinski definition) is 4. The molecule has 156 valence electrons. The van der Waals surface area contributed by atoms with Crippen molar-refractivity contribution in [3.63, 3.8) is 0 Å². The summed E-state index contributed by atoms with van der Waals surface area (Å²) in [5, 5.41) is 12.9. The first-order valence-electron chi connectivity index (χ1n) is 9.38. The molecule has 2 N–H and O–H groups in total. The van der Waals surface area contributed by atoms with Crippen LogP contribution < -0.4 is 10.9 Å². The van der Waals surface area contributed by atoms with Crippen LogP contribution in [-0.4, -0.2) is 27.6 Å². The molecule has 2 aromatic heterocycles. The Labute approximate surface area is 175 Å². The van der Waals surface area contributed by atoms with E-state index < -0.39 is 28.6 Å². The summed E-state index contributed by atoms with van der Waals surface area (Å²) in [6, 6.07) is 12.9. The van der Waals surface area contributed by atoms with Crippen molar-refractivity contribution in [3.05, 3.63) is 99.5 Å². The second kappa shape index (κ2) is 7.98. The second-order valence-electron chi connectivity index (χ2n) is 6.94. The van der Waals surface area contributed by atoms with Crippen LogP contribution in [0.3, 0.4) is 0 Å². The summed E-state index contributed by atoms with van der Waals surface area (Å²) in [4.78, 5) is 29.7. The van der Waals surface area contributed by atoms with E-state index in [0.717, 1.165) is 16.2 Å². The Morgan fingerprint density at radius 1 is 1.06 bits per heavy atom. The van der Waals surface area contributed by atoms with Gasteiger partial charge in [0.25, 0.3) is 11.5 Å². The molecule has 0 fully saturated rings. The molecule has 0 unspecified atom stereocenters. The molecule has 0 atom stereocenters. The number of carbonyl (C=O) groups is 1. The van der Waals surface area contributed by atoms with Crippen molar-refractivity contribution in [1.29, 1.82) is 0 Å². The van der Waals surface area contributed by atoms with E-state index in [1.54, 1.807) is 18.2 Å². The molecule has 31 heavy (non-hydrogen) atoms. The average molecular weight is 421 g/mol. The molecule has 2 heterocycles. The zero-order valence-electron chi connectivity index (χ0n) is 16.4. The topological polar surface area (TPSA) is 84.2 Å². The Hall–Kier alpha value is -4.07. The van der Waals surface area contributed by atoms with Crippen LogP contribution in [0.25, 0.3) is 16.7 Å². The van der Waals surface area contributed by atoms with Gasteiger partial charge in [0.1, 0.15) is 22.7 Å². The van der Waals surface area contributed by atoms with Gasteiger partial charge in [-0.3, -0.25) is 19.1 Å². The molecule has 0 spiro atoms. The van der Waals surface area contributed by atoms with Crippen molar-refractivity contribution >= 4 is 16.9 Å². The van der Waals surface area contributed by atoms with E-state index in [-0.39, 0.29) is 22.5 Å². The van der Waals surface area contributed by atoms with E-state index >= 15 is 0 Å². The second-order valence-corrected chi connectivity index (χ2v) is 6.94. The third-order valence-electron chi connectivity index (χ3n) is 4.89. The Kier molecular flexibility index (Phi) is 5.21. The predicted molar refractivity (Wildman–Crippen MR) is 112 cm³/mol. The molecular weight excluding hydrogens is 404 g/mol. The van der Waals surface area contributed by atoms with Crippen LogP contribution in [-0.2, 0) is 6.42 Å². The molecule has 0 aliphatic heterocycles. The summed E-state index contributed by atoms with van der Waals surface area (Å²) in [6.45, 7) is 0. The summed E-state index contributed by atoms with van der Waals surface area (Å²) in [5.74, 6) is -2.26. The summed E-state index contributed by atoms with van der Waals surface area (Å²) in [6.07, 6.45) is 1.89. The predicted octanol–water partition coefficient (Wildman–Crippen LogP) is 3.32. The van der Waals surface area contributed by atoms with Gasteiger partial charge in [0.15, 0.2) is 5.75 Å². The van der Waals surface area contributed by atoms with E-state index in [2.05, 4.69) is 10.3 Å². The summed E-state index contributed by atoms with van der Waals surface area (Å²) < 4.78 is 28.2. The molecule has 6 nitrogen and oxygen atoms in total. The number of aromatic hydroxyl groups is 1. The highest BCUT2D eigenvalue weighted by Crippen LogP contribution is 2.28. The lowest BCUT2D eigenvalue weighted by molar-refractivity contribution is 0.0959. The molecule has 0 bridgehead atoms. The number of aromatic nitrogens is 2. The number of halogens is 2. The number of pyridine rings is 2. The molecule has 0 aliphatic carbocycles. The highest BCUT2D eigenvalue weighted by molar-refractivity contribution is 6.01. The van der Waals surface area contributed by atoms with Crippen LogP contribution >= 0.6 is 0 Å². The largest absolute Gasteiger partial charge is 0.505 e. The minimum Gasteiger partial charge on any atom is -0.505 e. The first-order chi connectivity index (χ1) is 14.9. The maximum Gasteiger partial charge on any atom is 0.272 e. The lowest BCUT2D eigenvalue weighted by Crippen LogP contribution is -2.31. The Morgan fingerprint density at radius 2 is 1.81 bits per heavy atom. The van der Waals surface area contributed by atoms with E-state index in [1.807, 2.05) is 0 Å². The number of amides is 1. The summed E-state index contributed by atoms with van der Waals surface area (Å²) in [5.41, 5.74) is 0.601. The Morgan fingerprint density at radius 3 is 2.48 bits per heavy atom. The number of carbonyl (C=O) groups excluding carboxylic acids is 1. The van der Waals surface area contributed by atoms with E-state index in [9.17, 15) is 23.5 Å². The van der Waals surface area contributed by atoms with E-state index in [4.69, 9.17) is 0 Å². The van der Waals surface area contributed by atoms with Gasteiger partial charge in [0.05, 0.1) is 11.2 Å². The fourth-order valence-corrected chi connectivity index (χ4v) is 3.42. The summed E-state index contributed by atoms with van der Waals surface area (Å²) in [7, 11) is 1.33. The minimum absolute atomic E-state index is 0.0188. The van der Waals surface area contributed by atoms with Gasteiger partial charge in [0.2, 0.25) is 0 Å². The number of hydrogen-bond donors (Lipinski definition) is 2. The van der Waals surface area contributed by atoms with Crippen molar-refractivity contribution in [3.8, 4) is 11.4 Å². The zero-order valence-corrected chi connectivity index (χ0v) is 16.4. The quantitative estimate of drug-likeness (QED) is 0.530. The standard InChI is InChI=1S/C23H17F2N3O3/c1-26-22(30)19-21(29)20-18(28(23(19)31)17-4-2-3-16(25)11-17)10-14(12-27-20)9-13-5-7-15(24)8-6-13/h2-8,10-12,29H,9H2,1H3,(H,26,30). The van der Waals surface area contributed by atoms with Crippen LogP contribution in [0, 0.1) is 11.6 Å². The smallest absolute Gasteiger partial charge is 0.272 e. The Balaban J connectivity index is 1.99. The van der Waals surface area contributed by atoms with E-state index in [0.29, 0.717) is 12.0 Å². The lowest BCUT2D eigenvalue weighted by Gasteiger charge is -2.15. The molecule has 1 amide bonds. The number of rotatable bonds is 4. The molecule has 2 aromatic carbocycles. The molecule has 0 aliphatic rings. The minimum atomic E-state index is -0.810. The van der Waals surface area contributed by atoms with Crippen LogP contribution in [0.1, 0.15) is 21.5 Å². The zero-order chi connectivity index (χ0) is 22.1. The molecule has 8 heteroatoms. The maximum atomic E-state index is 13.9. The van der Waals surface area contributed by atoms with Gasteiger partial charge in [-0.2, -0.15) is 0 Å². The highest BCUT2D eigenvalue weighted by Gasteiger charge is 2.23. The molecule has 4 aromatic rings. The van der Waals surface area contributed by atoms with Crippen molar-refractivity contribution in [2.45, 2.75) is 6.42 Å². The fraction of sp³-hybridized carbons (Fsp3) is 0.0870. The van der Waals surface area contributed by atoms with E-state index in [1.165, 1.54) is 43.6 Å². The number of fused-ring (bicyclic) bond motifs is 1. The lowest BCUT2D eigenvalue weighted by atomic mass is 10.0. The van der Waals surface area contributed by atoms with Gasteiger partial charge in [-0.25, -0.2) is 8.78 Å². The van der Waals surface area contributed by atoms with Crippen LogP contribution in [0.5, 0.6) is 5.75 Å². The normalized spacial score (nSPS) is 10.9. The first kappa shape index (κ1) is 20.2. The van der Waals surface area contributed by atoms with Crippen LogP contribution in [0.4, 0.5) is 8.78 Å². The first-order valence-corrected chi connectivity index (χ1v) is 9.38. The van der Waals surface area contributed by atoms with Crippen LogP contribution in [0.2, 0.25) is 0 Å². The van der Waals surface area contributed by atoms with Gasteiger partial charge >= 0.3 is 0 Å². The van der Waals surface area contributed by atoms with Gasteiger partial charge in [-0.05, 0) is 53.9 Å². The molecule has 0 saturated heterocycles. The number of nitrogens with zero attached hydrogens (tertiary/aromatic N) is 2. The third kappa shape index (κ3) is 3.75. The van der Waals surface area contributed by atoms with Crippen LogP contribution in [0.15, 0.2) is 65.6 Å². The third-order valence-corrected chi connectivity index (χ3v) is 4.89. The fourth-order valence-electron chi connectivity index (χ4n) is 3.42. The van der Waals surface area contributed by atoms with Crippen molar-refractivity contribution in [2.75, 3.05) is 7.05 Å². The Bertz CT molecular complexity index is 1370. The van der Waals surface area contributed by atoms with Gasteiger partial charge in [-0.1, -0.05) is 18.2 Å². The highest BCUT2D eigenvalue weighted by atomic mass is 19.1. The molecular formula is C23H17F2N3O3. The van der Waals surface area contributed by atoms with Gasteiger partial charge < -0.3 is 10.4 Å². The van der Waals surface area contributed by atoms with Crippen molar-refractivity contribution in [2.24, 2.45) is 0 Å². The molecule has 0 radical (unpaired) electrons. The molecule has 4 rings (SSSR count).